The smallest absolute Gasteiger partial charge is 0.234 e. The second-order valence-electron chi connectivity index (χ2n) is 4.79. The average Bonchev–Trinajstić information content (AvgIpc) is 2.28. The summed E-state index contributed by atoms with van der Waals surface area (Å²) < 4.78 is 0. The molecule has 1 N–H and O–H groups in total. The summed E-state index contributed by atoms with van der Waals surface area (Å²) in [4.78, 5) is 11.7. The lowest BCUT2D eigenvalue weighted by Gasteiger charge is -2.19. The number of hydrogen-bond acceptors (Lipinski definition) is 1. The highest BCUT2D eigenvalue weighted by molar-refractivity contribution is 9.10. The molecule has 3 heteroatoms. The fraction of sp³-hybridized carbons (Fsp3) is 0.500. The molecular formula is C14H20BrNO. The van der Waals surface area contributed by atoms with E-state index in [1.54, 1.807) is 0 Å². The lowest BCUT2D eigenvalue weighted by molar-refractivity contribution is -0.121. The Kier molecular flexibility index (Phi) is 5.19. The van der Waals surface area contributed by atoms with Crippen LogP contribution in [0.4, 0.5) is 0 Å². The van der Waals surface area contributed by atoms with Crippen LogP contribution in [0, 0.1) is 12.8 Å². The highest BCUT2D eigenvalue weighted by Crippen LogP contribution is 2.16. The maximum Gasteiger partial charge on any atom is 0.234 e. The zero-order chi connectivity index (χ0) is 13.0. The number of aryl methyl sites for hydroxylation is 1. The van der Waals surface area contributed by atoms with Gasteiger partial charge in [-0.05, 0) is 25.3 Å². The van der Waals surface area contributed by atoms with Crippen molar-refractivity contribution in [3.8, 4) is 0 Å². The Balaban J connectivity index is 2.63. The van der Waals surface area contributed by atoms with E-state index in [4.69, 9.17) is 0 Å². The standard InChI is InChI=1S/C14H20BrNO/c1-9(2)13(15)14(17)16-11(4)12-7-5-10(3)6-8-12/h5-9,11,13H,1-4H3,(H,16,17)/t11-,13?/m1/s1. The van der Waals surface area contributed by atoms with Gasteiger partial charge in [0.05, 0.1) is 10.9 Å². The molecule has 94 valence electrons. The molecule has 1 unspecified atom stereocenters. The predicted octanol–water partition coefficient (Wildman–Crippen LogP) is 3.59. The molecule has 17 heavy (non-hydrogen) atoms. The second kappa shape index (κ2) is 6.20. The molecule has 0 fully saturated rings. The van der Waals surface area contributed by atoms with Gasteiger partial charge in [-0.1, -0.05) is 59.6 Å². The van der Waals surface area contributed by atoms with Crippen molar-refractivity contribution >= 4 is 21.8 Å². The SMILES string of the molecule is Cc1ccc([C@@H](C)NC(=O)C(Br)C(C)C)cc1. The summed E-state index contributed by atoms with van der Waals surface area (Å²) in [6.07, 6.45) is 0. The number of amides is 1. The first kappa shape index (κ1) is 14.2. The van der Waals surface area contributed by atoms with Gasteiger partial charge in [0, 0.05) is 0 Å². The van der Waals surface area contributed by atoms with E-state index in [2.05, 4.69) is 52.4 Å². The Morgan fingerprint density at radius 3 is 2.18 bits per heavy atom. The van der Waals surface area contributed by atoms with Crippen LogP contribution in [0.1, 0.15) is 37.9 Å². The topological polar surface area (TPSA) is 29.1 Å². The Morgan fingerprint density at radius 2 is 1.71 bits per heavy atom. The summed E-state index contributed by atoms with van der Waals surface area (Å²) in [7, 11) is 0. The van der Waals surface area contributed by atoms with Gasteiger partial charge in [0.2, 0.25) is 5.91 Å². The van der Waals surface area contributed by atoms with Crippen LogP contribution in [0.15, 0.2) is 24.3 Å². The molecule has 0 saturated heterocycles. The molecular weight excluding hydrogens is 278 g/mol. The summed E-state index contributed by atoms with van der Waals surface area (Å²) in [6.45, 7) is 8.11. The van der Waals surface area contributed by atoms with E-state index >= 15 is 0 Å². The Morgan fingerprint density at radius 1 is 1.18 bits per heavy atom. The highest BCUT2D eigenvalue weighted by atomic mass is 79.9. The highest BCUT2D eigenvalue weighted by Gasteiger charge is 2.20. The first-order chi connectivity index (χ1) is 7.91. The minimum Gasteiger partial charge on any atom is -0.349 e. The van der Waals surface area contributed by atoms with Crippen molar-refractivity contribution < 1.29 is 4.79 Å². The van der Waals surface area contributed by atoms with E-state index in [9.17, 15) is 4.79 Å². The van der Waals surface area contributed by atoms with Gasteiger partial charge in [-0.15, -0.1) is 0 Å². The van der Waals surface area contributed by atoms with Gasteiger partial charge in [0.15, 0.2) is 0 Å². The van der Waals surface area contributed by atoms with Crippen LogP contribution in [-0.2, 0) is 4.79 Å². The van der Waals surface area contributed by atoms with E-state index in [0.29, 0.717) is 5.92 Å². The summed E-state index contributed by atoms with van der Waals surface area (Å²) in [5.41, 5.74) is 2.36. The number of alkyl halides is 1. The van der Waals surface area contributed by atoms with Crippen LogP contribution < -0.4 is 5.32 Å². The van der Waals surface area contributed by atoms with Crippen molar-refractivity contribution in [1.29, 1.82) is 0 Å². The molecule has 1 aromatic rings. The van der Waals surface area contributed by atoms with Gasteiger partial charge in [-0.25, -0.2) is 0 Å². The normalized spacial score (nSPS) is 14.5. The van der Waals surface area contributed by atoms with Gasteiger partial charge >= 0.3 is 0 Å². The van der Waals surface area contributed by atoms with Crippen LogP contribution in [0.2, 0.25) is 0 Å². The van der Waals surface area contributed by atoms with Crippen LogP contribution in [0.3, 0.4) is 0 Å². The first-order valence-corrected chi connectivity index (χ1v) is 6.84. The number of hydrogen-bond donors (Lipinski definition) is 1. The van der Waals surface area contributed by atoms with Crippen molar-refractivity contribution in [2.75, 3.05) is 0 Å². The Hall–Kier alpha value is -0.830. The van der Waals surface area contributed by atoms with E-state index in [1.807, 2.05) is 20.8 Å². The Bertz CT molecular complexity index is 372. The Labute approximate surface area is 112 Å². The third-order valence-electron chi connectivity index (χ3n) is 2.77. The number of nitrogens with one attached hydrogen (secondary N) is 1. The van der Waals surface area contributed by atoms with Crippen molar-refractivity contribution in [3.63, 3.8) is 0 Å². The van der Waals surface area contributed by atoms with E-state index in [1.165, 1.54) is 5.56 Å². The van der Waals surface area contributed by atoms with Crippen molar-refractivity contribution in [3.05, 3.63) is 35.4 Å². The molecule has 0 aromatic heterocycles. The summed E-state index contributed by atoms with van der Waals surface area (Å²) in [5.74, 6) is 0.341. The molecule has 0 aliphatic carbocycles. The van der Waals surface area contributed by atoms with Crippen LogP contribution >= 0.6 is 15.9 Å². The molecule has 0 bridgehead atoms. The van der Waals surface area contributed by atoms with E-state index < -0.39 is 0 Å². The number of benzene rings is 1. The fourth-order valence-corrected chi connectivity index (χ4v) is 1.67. The monoisotopic (exact) mass is 297 g/mol. The maximum atomic E-state index is 11.9. The van der Waals surface area contributed by atoms with Crippen molar-refractivity contribution in [1.82, 2.24) is 5.32 Å². The van der Waals surface area contributed by atoms with Gasteiger partial charge in [-0.2, -0.15) is 0 Å². The predicted molar refractivity (Wildman–Crippen MR) is 75.3 cm³/mol. The van der Waals surface area contributed by atoms with E-state index in [0.717, 1.165) is 5.56 Å². The molecule has 1 rings (SSSR count). The van der Waals surface area contributed by atoms with Crippen LogP contribution in [0.5, 0.6) is 0 Å². The van der Waals surface area contributed by atoms with Gasteiger partial charge in [0.25, 0.3) is 0 Å². The number of halogens is 1. The van der Waals surface area contributed by atoms with Crippen LogP contribution in [-0.4, -0.2) is 10.7 Å². The summed E-state index contributed by atoms with van der Waals surface area (Å²) >= 11 is 3.41. The molecule has 0 heterocycles. The van der Waals surface area contributed by atoms with Gasteiger partial charge in [0.1, 0.15) is 0 Å². The van der Waals surface area contributed by atoms with Gasteiger partial charge in [-0.3, -0.25) is 4.79 Å². The molecule has 0 saturated carbocycles. The molecule has 0 radical (unpaired) electrons. The first-order valence-electron chi connectivity index (χ1n) is 5.93. The lowest BCUT2D eigenvalue weighted by atomic mass is 10.1. The molecule has 0 spiro atoms. The van der Waals surface area contributed by atoms with Crippen LogP contribution in [0.25, 0.3) is 0 Å². The summed E-state index contributed by atoms with van der Waals surface area (Å²) in [6, 6.07) is 8.28. The van der Waals surface area contributed by atoms with E-state index in [-0.39, 0.29) is 16.8 Å². The molecule has 2 nitrogen and oxygen atoms in total. The maximum absolute atomic E-state index is 11.9. The van der Waals surface area contributed by atoms with Crippen molar-refractivity contribution in [2.45, 2.75) is 38.6 Å². The minimum atomic E-state index is -0.129. The second-order valence-corrected chi connectivity index (χ2v) is 5.77. The summed E-state index contributed by atoms with van der Waals surface area (Å²) in [5, 5.41) is 3.01. The third-order valence-corrected chi connectivity index (χ3v) is 4.25. The molecule has 1 aromatic carbocycles. The average molecular weight is 298 g/mol. The molecule has 1 amide bonds. The quantitative estimate of drug-likeness (QED) is 0.846. The lowest BCUT2D eigenvalue weighted by Crippen LogP contribution is -2.35. The number of carbonyl (C=O) groups excluding carboxylic acids is 1. The zero-order valence-electron chi connectivity index (χ0n) is 10.8. The molecule has 0 aliphatic heterocycles. The number of carbonyl (C=O) groups is 1. The zero-order valence-corrected chi connectivity index (χ0v) is 12.4. The molecule has 0 aliphatic rings. The fourth-order valence-electron chi connectivity index (χ4n) is 1.53. The third kappa shape index (κ3) is 4.15. The number of rotatable bonds is 4. The minimum absolute atomic E-state index is 0.0434. The van der Waals surface area contributed by atoms with Gasteiger partial charge < -0.3 is 5.32 Å². The molecule has 2 atom stereocenters. The van der Waals surface area contributed by atoms with Crippen molar-refractivity contribution in [2.24, 2.45) is 5.92 Å². The largest absolute Gasteiger partial charge is 0.349 e.